The van der Waals surface area contributed by atoms with Gasteiger partial charge in [-0.2, -0.15) is 0 Å². The zero-order valence-electron chi connectivity index (χ0n) is 20.3. The van der Waals surface area contributed by atoms with Crippen LogP contribution in [0.1, 0.15) is 43.6 Å². The van der Waals surface area contributed by atoms with Gasteiger partial charge in [-0.05, 0) is 68.1 Å². The Bertz CT molecular complexity index is 1400. The fourth-order valence-corrected chi connectivity index (χ4v) is 4.70. The first-order valence-corrected chi connectivity index (χ1v) is 12.4. The van der Waals surface area contributed by atoms with Gasteiger partial charge in [0.05, 0.1) is 29.2 Å². The van der Waals surface area contributed by atoms with E-state index in [2.05, 4.69) is 0 Å². The predicted molar refractivity (Wildman–Crippen MR) is 138 cm³/mol. The van der Waals surface area contributed by atoms with Gasteiger partial charge in [-0.25, -0.2) is 9.78 Å². The van der Waals surface area contributed by atoms with Crippen molar-refractivity contribution in [3.8, 4) is 11.4 Å². The zero-order valence-corrected chi connectivity index (χ0v) is 20.3. The molecule has 1 fully saturated rings. The van der Waals surface area contributed by atoms with E-state index in [0.717, 1.165) is 24.2 Å². The SMILES string of the molecule is CCOc1ccc(-n2c(C3CCCCN3C(=O)OCc3ccccc3)nc3ccccc3c2=O)cc1. The molecule has 2 heterocycles. The van der Waals surface area contributed by atoms with E-state index in [1.807, 2.05) is 79.7 Å². The number of aromatic nitrogens is 2. The average molecular weight is 484 g/mol. The summed E-state index contributed by atoms with van der Waals surface area (Å²) in [5.74, 6) is 1.27. The molecule has 1 amide bonds. The van der Waals surface area contributed by atoms with Crippen LogP contribution in [0.3, 0.4) is 0 Å². The number of nitrogens with zero attached hydrogens (tertiary/aromatic N) is 3. The topological polar surface area (TPSA) is 73.7 Å². The summed E-state index contributed by atoms with van der Waals surface area (Å²) in [6.45, 7) is 3.23. The fourth-order valence-electron chi connectivity index (χ4n) is 4.70. The molecule has 0 spiro atoms. The first-order chi connectivity index (χ1) is 17.7. The zero-order chi connectivity index (χ0) is 24.9. The molecule has 0 bridgehead atoms. The van der Waals surface area contributed by atoms with E-state index in [1.54, 1.807) is 15.5 Å². The Labute approximate surface area is 209 Å². The molecular weight excluding hydrogens is 454 g/mol. The van der Waals surface area contributed by atoms with Crippen molar-refractivity contribution in [1.82, 2.24) is 14.5 Å². The van der Waals surface area contributed by atoms with Gasteiger partial charge in [0.1, 0.15) is 18.2 Å². The number of likely N-dealkylation sites (tertiary alicyclic amines) is 1. The van der Waals surface area contributed by atoms with Gasteiger partial charge >= 0.3 is 6.09 Å². The van der Waals surface area contributed by atoms with Crippen LogP contribution in [0.15, 0.2) is 83.7 Å². The maximum atomic E-state index is 13.7. The van der Waals surface area contributed by atoms with Crippen molar-refractivity contribution in [3.63, 3.8) is 0 Å². The van der Waals surface area contributed by atoms with Crippen molar-refractivity contribution < 1.29 is 14.3 Å². The van der Waals surface area contributed by atoms with Crippen molar-refractivity contribution in [2.75, 3.05) is 13.2 Å². The summed E-state index contributed by atoms with van der Waals surface area (Å²) < 4.78 is 12.9. The van der Waals surface area contributed by atoms with Gasteiger partial charge in [-0.3, -0.25) is 14.3 Å². The Morgan fingerprint density at radius 1 is 0.972 bits per heavy atom. The quantitative estimate of drug-likeness (QED) is 0.354. The lowest BCUT2D eigenvalue weighted by atomic mass is 10.0. The second kappa shape index (κ2) is 10.6. The normalized spacial score (nSPS) is 15.6. The van der Waals surface area contributed by atoms with Crippen LogP contribution in [-0.4, -0.2) is 33.7 Å². The monoisotopic (exact) mass is 483 g/mol. The first kappa shape index (κ1) is 23.6. The first-order valence-electron chi connectivity index (χ1n) is 12.4. The molecule has 7 heteroatoms. The highest BCUT2D eigenvalue weighted by molar-refractivity contribution is 5.78. The van der Waals surface area contributed by atoms with Gasteiger partial charge in [0.25, 0.3) is 5.56 Å². The van der Waals surface area contributed by atoms with Gasteiger partial charge in [-0.1, -0.05) is 42.5 Å². The summed E-state index contributed by atoms with van der Waals surface area (Å²) in [7, 11) is 0. The van der Waals surface area contributed by atoms with Gasteiger partial charge in [0, 0.05) is 6.54 Å². The van der Waals surface area contributed by atoms with Crippen LogP contribution >= 0.6 is 0 Å². The van der Waals surface area contributed by atoms with Crippen LogP contribution in [0.25, 0.3) is 16.6 Å². The van der Waals surface area contributed by atoms with E-state index in [1.165, 1.54) is 0 Å². The number of hydrogen-bond donors (Lipinski definition) is 0. The van der Waals surface area contributed by atoms with Crippen molar-refractivity contribution in [1.29, 1.82) is 0 Å². The Balaban J connectivity index is 1.55. The number of para-hydroxylation sites is 1. The summed E-state index contributed by atoms with van der Waals surface area (Å²) in [5, 5.41) is 0.532. The number of fused-ring (bicyclic) bond motifs is 1. The molecule has 1 aliphatic heterocycles. The molecule has 4 aromatic rings. The van der Waals surface area contributed by atoms with E-state index >= 15 is 0 Å². The van der Waals surface area contributed by atoms with Crippen LogP contribution in [0.5, 0.6) is 5.75 Å². The number of rotatable bonds is 6. The number of carbonyl (C=O) groups excluding carboxylic acids is 1. The maximum absolute atomic E-state index is 13.7. The molecule has 1 atom stereocenters. The van der Waals surface area contributed by atoms with Crippen LogP contribution in [0, 0.1) is 0 Å². The molecule has 0 N–H and O–H groups in total. The molecule has 36 heavy (non-hydrogen) atoms. The molecule has 0 aliphatic carbocycles. The number of benzene rings is 3. The molecule has 1 unspecified atom stereocenters. The molecule has 1 saturated heterocycles. The second-order valence-corrected chi connectivity index (χ2v) is 8.80. The van der Waals surface area contributed by atoms with E-state index in [9.17, 15) is 9.59 Å². The highest BCUT2D eigenvalue weighted by Gasteiger charge is 2.33. The molecule has 0 saturated carbocycles. The summed E-state index contributed by atoms with van der Waals surface area (Å²) in [6.07, 6.45) is 2.10. The minimum Gasteiger partial charge on any atom is -0.494 e. The van der Waals surface area contributed by atoms with Crippen LogP contribution < -0.4 is 10.3 Å². The van der Waals surface area contributed by atoms with E-state index in [0.29, 0.717) is 42.0 Å². The second-order valence-electron chi connectivity index (χ2n) is 8.80. The van der Waals surface area contributed by atoms with Gasteiger partial charge in [0.2, 0.25) is 0 Å². The van der Waals surface area contributed by atoms with Crippen molar-refractivity contribution in [2.24, 2.45) is 0 Å². The molecule has 184 valence electrons. The van der Waals surface area contributed by atoms with Gasteiger partial charge in [0.15, 0.2) is 0 Å². The molecule has 1 aliphatic rings. The number of amides is 1. The van der Waals surface area contributed by atoms with Crippen LogP contribution in [0.4, 0.5) is 4.79 Å². The van der Waals surface area contributed by atoms with E-state index in [4.69, 9.17) is 14.5 Å². The summed E-state index contributed by atoms with van der Waals surface area (Å²) in [6, 6.07) is 24.0. The maximum Gasteiger partial charge on any atom is 0.410 e. The third kappa shape index (κ3) is 4.82. The Kier molecular flexibility index (Phi) is 6.98. The Hall–Kier alpha value is -4.13. The van der Waals surface area contributed by atoms with Gasteiger partial charge < -0.3 is 9.47 Å². The van der Waals surface area contributed by atoms with E-state index in [-0.39, 0.29) is 18.2 Å². The minimum absolute atomic E-state index is 0.164. The smallest absolute Gasteiger partial charge is 0.410 e. The summed E-state index contributed by atoms with van der Waals surface area (Å²) in [4.78, 5) is 33.6. The van der Waals surface area contributed by atoms with Crippen molar-refractivity contribution in [3.05, 3.63) is 101 Å². The third-order valence-corrected chi connectivity index (χ3v) is 6.45. The molecular formula is C29H29N3O4. The van der Waals surface area contributed by atoms with Crippen LogP contribution in [0.2, 0.25) is 0 Å². The van der Waals surface area contributed by atoms with Gasteiger partial charge in [-0.15, -0.1) is 0 Å². The van der Waals surface area contributed by atoms with Crippen molar-refractivity contribution >= 4 is 17.0 Å². The number of hydrogen-bond acceptors (Lipinski definition) is 5. The largest absolute Gasteiger partial charge is 0.494 e. The molecule has 7 nitrogen and oxygen atoms in total. The number of carbonyl (C=O) groups is 1. The summed E-state index contributed by atoms with van der Waals surface area (Å²) in [5.41, 5.74) is 2.06. The lowest BCUT2D eigenvalue weighted by molar-refractivity contribution is 0.0653. The Morgan fingerprint density at radius 3 is 2.50 bits per heavy atom. The average Bonchev–Trinajstić information content (AvgIpc) is 2.93. The fraction of sp³-hybridized carbons (Fsp3) is 0.276. The highest BCUT2D eigenvalue weighted by Crippen LogP contribution is 2.32. The predicted octanol–water partition coefficient (Wildman–Crippen LogP) is 5.65. The lowest BCUT2D eigenvalue weighted by Gasteiger charge is -2.35. The van der Waals surface area contributed by atoms with Crippen LogP contribution in [-0.2, 0) is 11.3 Å². The third-order valence-electron chi connectivity index (χ3n) is 6.45. The molecule has 3 aromatic carbocycles. The number of piperidine rings is 1. The van der Waals surface area contributed by atoms with E-state index < -0.39 is 6.09 Å². The van der Waals surface area contributed by atoms with Crippen molar-refractivity contribution in [2.45, 2.75) is 38.8 Å². The standard InChI is InChI=1S/C29H29N3O4/c1-2-35-23-17-15-22(16-18-23)32-27(30-25-13-7-6-12-24(25)28(32)33)26-14-8-9-19-31(26)29(34)36-20-21-10-4-3-5-11-21/h3-7,10-13,15-18,26H,2,8-9,14,19-20H2,1H3. The molecule has 1 aromatic heterocycles. The minimum atomic E-state index is -0.399. The molecule has 5 rings (SSSR count). The Morgan fingerprint density at radius 2 is 1.72 bits per heavy atom. The highest BCUT2D eigenvalue weighted by atomic mass is 16.6. The lowest BCUT2D eigenvalue weighted by Crippen LogP contribution is -2.41. The summed E-state index contributed by atoms with van der Waals surface area (Å²) >= 11 is 0. The molecule has 0 radical (unpaired) electrons. The number of ether oxygens (including phenoxy) is 2.